The minimum Gasteiger partial charge on any atom is -0.438 e. The first-order valence-corrected chi connectivity index (χ1v) is 9.34. The Hall–Kier alpha value is -3.93. The lowest BCUT2D eigenvalue weighted by atomic mass is 10.1. The number of ether oxygens (including phenoxy) is 1. The maximum Gasteiger partial charge on any atom is 0.230 e. The van der Waals surface area contributed by atoms with Crippen LogP contribution < -0.4 is 15.8 Å². The van der Waals surface area contributed by atoms with Crippen molar-refractivity contribution in [2.75, 3.05) is 11.1 Å². The highest BCUT2D eigenvalue weighted by atomic mass is 16.5. The van der Waals surface area contributed by atoms with Crippen LogP contribution in [0, 0.1) is 0 Å². The van der Waals surface area contributed by atoms with Crippen molar-refractivity contribution in [1.29, 1.82) is 0 Å². The normalized spacial score (nSPS) is 12.8. The van der Waals surface area contributed by atoms with Crippen molar-refractivity contribution < 1.29 is 9.53 Å². The van der Waals surface area contributed by atoms with Crippen LogP contribution >= 0.6 is 0 Å². The number of carbonyl (C=O) groups is 1. The summed E-state index contributed by atoms with van der Waals surface area (Å²) >= 11 is 0. The summed E-state index contributed by atoms with van der Waals surface area (Å²) in [6, 6.07) is 19.1. The fourth-order valence-electron chi connectivity index (χ4n) is 3.61. The van der Waals surface area contributed by atoms with Gasteiger partial charge in [0.1, 0.15) is 11.5 Å². The van der Waals surface area contributed by atoms with Crippen molar-refractivity contribution in [2.45, 2.75) is 12.8 Å². The Bertz CT molecular complexity index is 1250. The van der Waals surface area contributed by atoms with Crippen LogP contribution in [-0.4, -0.2) is 15.8 Å². The number of ketones is 1. The van der Waals surface area contributed by atoms with Gasteiger partial charge in [0.25, 0.3) is 0 Å². The van der Waals surface area contributed by atoms with E-state index in [9.17, 15) is 4.79 Å². The largest absolute Gasteiger partial charge is 0.438 e. The van der Waals surface area contributed by atoms with E-state index in [1.807, 2.05) is 54.6 Å². The number of nitrogen functional groups attached to an aromatic ring is 1. The van der Waals surface area contributed by atoms with Crippen LogP contribution in [0.3, 0.4) is 0 Å². The fourth-order valence-corrected chi connectivity index (χ4v) is 3.61. The highest BCUT2D eigenvalue weighted by molar-refractivity contribution is 5.97. The van der Waals surface area contributed by atoms with Crippen LogP contribution in [0.4, 0.5) is 17.3 Å². The number of nitrogens with zero attached hydrogens (tertiary/aromatic N) is 2. The lowest BCUT2D eigenvalue weighted by molar-refractivity contribution is -0.117. The molecule has 3 aromatic carbocycles. The summed E-state index contributed by atoms with van der Waals surface area (Å²) in [5.41, 5.74) is 9.75. The molecule has 3 N–H and O–H groups in total. The number of nitrogens with two attached hydrogens (primary N) is 1. The monoisotopic (exact) mass is 382 g/mol. The molecule has 0 saturated carbocycles. The highest BCUT2D eigenvalue weighted by Gasteiger charge is 2.18. The Morgan fingerprint density at radius 3 is 2.66 bits per heavy atom. The molecule has 0 bridgehead atoms. The summed E-state index contributed by atoms with van der Waals surface area (Å²) in [5.74, 6) is 1.77. The van der Waals surface area contributed by atoms with Crippen molar-refractivity contribution in [1.82, 2.24) is 9.97 Å². The van der Waals surface area contributed by atoms with Gasteiger partial charge in [0, 0.05) is 47.3 Å². The molecule has 0 amide bonds. The van der Waals surface area contributed by atoms with Crippen molar-refractivity contribution in [3.05, 3.63) is 78.0 Å². The van der Waals surface area contributed by atoms with Crippen LogP contribution in [0.15, 0.2) is 66.9 Å². The first-order valence-electron chi connectivity index (χ1n) is 9.34. The minimum atomic E-state index is 0.250. The van der Waals surface area contributed by atoms with Gasteiger partial charge in [0.05, 0.1) is 0 Å². The SMILES string of the molecule is Nc1ccc(Oc2ccnc(Nc3ccc4c(c3)CC(=O)C4)n2)c2ccccc12. The van der Waals surface area contributed by atoms with E-state index in [-0.39, 0.29) is 5.78 Å². The van der Waals surface area contributed by atoms with Crippen molar-refractivity contribution in [2.24, 2.45) is 0 Å². The molecule has 0 saturated heterocycles. The van der Waals surface area contributed by atoms with Gasteiger partial charge in [-0.3, -0.25) is 4.79 Å². The number of fused-ring (bicyclic) bond motifs is 2. The summed E-state index contributed by atoms with van der Waals surface area (Å²) in [7, 11) is 0. The van der Waals surface area contributed by atoms with Gasteiger partial charge >= 0.3 is 0 Å². The lowest BCUT2D eigenvalue weighted by Crippen LogP contribution is -1.99. The van der Waals surface area contributed by atoms with Crippen LogP contribution in [0.2, 0.25) is 0 Å². The number of aromatic nitrogens is 2. The summed E-state index contributed by atoms with van der Waals surface area (Å²) < 4.78 is 6.02. The molecule has 6 nitrogen and oxygen atoms in total. The number of benzene rings is 3. The molecule has 0 spiro atoms. The first-order chi connectivity index (χ1) is 14.2. The molecule has 0 aliphatic heterocycles. The molecule has 142 valence electrons. The predicted molar refractivity (Wildman–Crippen MR) is 113 cm³/mol. The average Bonchev–Trinajstić information content (AvgIpc) is 3.10. The molecule has 6 heteroatoms. The Labute approximate surface area is 167 Å². The van der Waals surface area contributed by atoms with Gasteiger partial charge in [-0.25, -0.2) is 4.98 Å². The van der Waals surface area contributed by atoms with E-state index in [1.54, 1.807) is 12.3 Å². The summed E-state index contributed by atoms with van der Waals surface area (Å²) in [6.07, 6.45) is 2.64. The number of nitrogens with one attached hydrogen (secondary N) is 1. The summed E-state index contributed by atoms with van der Waals surface area (Å²) in [4.78, 5) is 20.4. The first kappa shape index (κ1) is 17.2. The number of hydrogen-bond donors (Lipinski definition) is 2. The predicted octanol–water partition coefficient (Wildman–Crippen LogP) is 4.42. The lowest BCUT2D eigenvalue weighted by Gasteiger charge is -2.11. The zero-order valence-corrected chi connectivity index (χ0v) is 15.6. The molecule has 1 aromatic heterocycles. The van der Waals surface area contributed by atoms with E-state index in [0.717, 1.165) is 27.6 Å². The number of anilines is 3. The van der Waals surface area contributed by atoms with E-state index < -0.39 is 0 Å². The second-order valence-electron chi connectivity index (χ2n) is 7.02. The molecule has 0 unspecified atom stereocenters. The zero-order valence-electron chi connectivity index (χ0n) is 15.6. The summed E-state index contributed by atoms with van der Waals surface area (Å²) in [6.45, 7) is 0. The van der Waals surface area contributed by atoms with Gasteiger partial charge in [-0.15, -0.1) is 0 Å². The van der Waals surface area contributed by atoms with Crippen LogP contribution in [0.1, 0.15) is 11.1 Å². The fraction of sp³-hybridized carbons (Fsp3) is 0.0870. The number of rotatable bonds is 4. The van der Waals surface area contributed by atoms with E-state index in [4.69, 9.17) is 10.5 Å². The molecule has 0 atom stereocenters. The third kappa shape index (κ3) is 3.36. The Balaban J connectivity index is 1.41. The highest BCUT2D eigenvalue weighted by Crippen LogP contribution is 2.33. The quantitative estimate of drug-likeness (QED) is 0.508. The number of Topliss-reactive ketones (excluding diaryl/α,β-unsaturated/α-hetero) is 1. The Morgan fingerprint density at radius 2 is 1.76 bits per heavy atom. The van der Waals surface area contributed by atoms with Gasteiger partial charge in [-0.05, 0) is 35.4 Å². The molecular weight excluding hydrogens is 364 g/mol. The Morgan fingerprint density at radius 1 is 0.931 bits per heavy atom. The standard InChI is InChI=1S/C23H18N4O2/c24-20-7-8-21(19-4-2-1-3-18(19)20)29-22-9-10-25-23(27-22)26-16-6-5-14-12-17(28)13-15(14)11-16/h1-11H,12-13,24H2,(H,25,26,27). The van der Waals surface area contributed by atoms with Gasteiger partial charge < -0.3 is 15.8 Å². The van der Waals surface area contributed by atoms with Crippen LogP contribution in [0.25, 0.3) is 10.8 Å². The van der Waals surface area contributed by atoms with Crippen molar-refractivity contribution >= 4 is 33.9 Å². The molecule has 5 rings (SSSR count). The zero-order chi connectivity index (χ0) is 19.8. The van der Waals surface area contributed by atoms with Crippen molar-refractivity contribution in [3.63, 3.8) is 0 Å². The van der Waals surface area contributed by atoms with E-state index in [0.29, 0.717) is 36.1 Å². The minimum absolute atomic E-state index is 0.250. The Kier molecular flexibility index (Phi) is 4.09. The molecule has 1 heterocycles. The molecular formula is C23H18N4O2. The molecule has 0 fully saturated rings. The van der Waals surface area contributed by atoms with E-state index in [1.165, 1.54) is 0 Å². The van der Waals surface area contributed by atoms with E-state index >= 15 is 0 Å². The molecule has 1 aliphatic carbocycles. The number of hydrogen-bond acceptors (Lipinski definition) is 6. The molecule has 4 aromatic rings. The smallest absolute Gasteiger partial charge is 0.230 e. The van der Waals surface area contributed by atoms with E-state index in [2.05, 4.69) is 15.3 Å². The molecule has 0 radical (unpaired) electrons. The van der Waals surface area contributed by atoms with Gasteiger partial charge in [0.2, 0.25) is 11.8 Å². The molecule has 29 heavy (non-hydrogen) atoms. The van der Waals surface area contributed by atoms with Gasteiger partial charge in [-0.2, -0.15) is 4.98 Å². The van der Waals surface area contributed by atoms with Gasteiger partial charge in [0.15, 0.2) is 0 Å². The topological polar surface area (TPSA) is 90.1 Å². The number of carbonyl (C=O) groups excluding carboxylic acids is 1. The second kappa shape index (κ2) is 6.91. The second-order valence-corrected chi connectivity index (χ2v) is 7.02. The molecule has 1 aliphatic rings. The maximum absolute atomic E-state index is 11.6. The van der Waals surface area contributed by atoms with Crippen LogP contribution in [-0.2, 0) is 17.6 Å². The summed E-state index contributed by atoms with van der Waals surface area (Å²) in [5, 5.41) is 5.04. The maximum atomic E-state index is 11.6. The van der Waals surface area contributed by atoms with Crippen LogP contribution in [0.5, 0.6) is 11.6 Å². The van der Waals surface area contributed by atoms with Crippen molar-refractivity contribution in [3.8, 4) is 11.6 Å². The third-order valence-corrected chi connectivity index (χ3v) is 5.00. The third-order valence-electron chi connectivity index (χ3n) is 5.00. The average molecular weight is 382 g/mol. The van der Waals surface area contributed by atoms with Gasteiger partial charge in [-0.1, -0.05) is 30.3 Å².